The monoisotopic (exact) mass is 253 g/mol. The number of aryl methyl sites for hydroxylation is 3. The molecule has 0 saturated carbocycles. The second kappa shape index (κ2) is 4.43. The molecule has 85 valence electrons. The van der Waals surface area contributed by atoms with E-state index in [9.17, 15) is 0 Å². The van der Waals surface area contributed by atoms with E-state index >= 15 is 0 Å². The minimum Gasteiger partial charge on any atom is -0.0584 e. The highest BCUT2D eigenvalue weighted by Gasteiger charge is 2.12. The van der Waals surface area contributed by atoms with Gasteiger partial charge < -0.3 is 0 Å². The quantitative estimate of drug-likeness (QED) is 0.686. The first-order valence-corrected chi connectivity index (χ1v) is 8.41. The van der Waals surface area contributed by atoms with Gasteiger partial charge in [-0.05, 0) is 73.2 Å². The van der Waals surface area contributed by atoms with Crippen molar-refractivity contribution in [3.63, 3.8) is 0 Å². The summed E-state index contributed by atoms with van der Waals surface area (Å²) in [6.07, 6.45) is 0. The average molecular weight is 253 g/mol. The fraction of sp³-hybridized carbons (Fsp3) is 0.333. The molecule has 0 nitrogen and oxygen atoms in total. The fourth-order valence-electron chi connectivity index (χ4n) is 2.53. The van der Waals surface area contributed by atoms with Crippen LogP contribution in [0.15, 0.2) is 12.1 Å². The van der Waals surface area contributed by atoms with Gasteiger partial charge in [-0.2, -0.15) is 0 Å². The van der Waals surface area contributed by atoms with Crippen LogP contribution in [0.5, 0.6) is 0 Å². The molecule has 2 heteroatoms. The summed E-state index contributed by atoms with van der Waals surface area (Å²) >= 11 is 0. The summed E-state index contributed by atoms with van der Waals surface area (Å²) < 4.78 is 0. The Morgan fingerprint density at radius 1 is 0.824 bits per heavy atom. The highest BCUT2D eigenvalue weighted by atomic mass is 29.1. The molecule has 0 atom stereocenters. The summed E-state index contributed by atoms with van der Waals surface area (Å²) in [5.41, 5.74) is 7.12. The SMILES string of the molecule is Cc1ccc2c([Si][Si])c(C)c(C)c(C)c2c1C. The number of rotatable bonds is 1. The lowest BCUT2D eigenvalue weighted by atomic mass is 9.91. The number of fused-ring (bicyclic) bond motifs is 1. The van der Waals surface area contributed by atoms with E-state index in [1.165, 1.54) is 43.8 Å². The van der Waals surface area contributed by atoms with Crippen molar-refractivity contribution < 1.29 is 0 Å². The van der Waals surface area contributed by atoms with Crippen LogP contribution >= 0.6 is 0 Å². The van der Waals surface area contributed by atoms with Crippen molar-refractivity contribution >= 4 is 34.8 Å². The van der Waals surface area contributed by atoms with Gasteiger partial charge in [0.2, 0.25) is 0 Å². The molecule has 0 aliphatic carbocycles. The standard InChI is InChI=1S/C15H17Si2/c1-8-6-7-13-14(9(8)2)11(4)10(3)12(5)15(13)17-16/h6-7H,1-5H3. The molecule has 0 spiro atoms. The van der Waals surface area contributed by atoms with Crippen molar-refractivity contribution in [2.75, 3.05) is 0 Å². The molecule has 0 bridgehead atoms. The van der Waals surface area contributed by atoms with Gasteiger partial charge in [0.15, 0.2) is 0 Å². The molecule has 0 aromatic heterocycles. The minimum atomic E-state index is 0.674. The molecule has 0 N–H and O–H groups in total. The van der Waals surface area contributed by atoms with Crippen LogP contribution in [0.4, 0.5) is 0 Å². The zero-order valence-corrected chi connectivity index (χ0v) is 13.2. The van der Waals surface area contributed by atoms with Crippen LogP contribution in [0, 0.1) is 34.6 Å². The van der Waals surface area contributed by atoms with E-state index < -0.39 is 0 Å². The molecule has 0 saturated heterocycles. The molecule has 5 radical (unpaired) electrons. The Bertz CT molecular complexity index is 598. The fourth-order valence-corrected chi connectivity index (χ4v) is 4.21. The lowest BCUT2D eigenvalue weighted by molar-refractivity contribution is 1.29. The van der Waals surface area contributed by atoms with Gasteiger partial charge >= 0.3 is 0 Å². The molecule has 0 heterocycles. The molecule has 2 aromatic carbocycles. The van der Waals surface area contributed by atoms with Gasteiger partial charge in [0.1, 0.15) is 0 Å². The Balaban J connectivity index is 3.06. The summed E-state index contributed by atoms with van der Waals surface area (Å²) in [4.78, 5) is 0. The summed E-state index contributed by atoms with van der Waals surface area (Å²) in [7, 11) is 4.38. The van der Waals surface area contributed by atoms with E-state index in [1.54, 1.807) is 0 Å². The molecule has 0 aliphatic rings. The normalized spacial score (nSPS) is 11.2. The number of hydrogen-bond donors (Lipinski definition) is 0. The summed E-state index contributed by atoms with van der Waals surface area (Å²) in [6, 6.07) is 4.52. The van der Waals surface area contributed by atoms with Crippen LogP contribution in [0.2, 0.25) is 0 Å². The van der Waals surface area contributed by atoms with Crippen LogP contribution in [-0.4, -0.2) is 18.8 Å². The second-order valence-corrected chi connectivity index (χ2v) is 6.31. The second-order valence-electron chi connectivity index (χ2n) is 4.81. The molecule has 0 aliphatic heterocycles. The first kappa shape index (κ1) is 12.6. The Morgan fingerprint density at radius 3 is 2.06 bits per heavy atom. The van der Waals surface area contributed by atoms with Crippen LogP contribution in [0.25, 0.3) is 10.8 Å². The van der Waals surface area contributed by atoms with E-state index in [2.05, 4.69) is 56.5 Å². The van der Waals surface area contributed by atoms with Crippen molar-refractivity contribution in [3.05, 3.63) is 39.9 Å². The van der Waals surface area contributed by atoms with Gasteiger partial charge in [0.05, 0.1) is 9.04 Å². The Morgan fingerprint density at radius 2 is 1.47 bits per heavy atom. The Hall–Kier alpha value is -0.866. The van der Waals surface area contributed by atoms with E-state index in [4.69, 9.17) is 0 Å². The predicted octanol–water partition coefficient (Wildman–Crippen LogP) is 2.79. The van der Waals surface area contributed by atoms with Crippen LogP contribution in [-0.2, 0) is 0 Å². The lowest BCUT2D eigenvalue weighted by Crippen LogP contribution is -2.21. The van der Waals surface area contributed by atoms with Crippen LogP contribution in [0.3, 0.4) is 0 Å². The van der Waals surface area contributed by atoms with Gasteiger partial charge in [-0.3, -0.25) is 0 Å². The highest BCUT2D eigenvalue weighted by molar-refractivity contribution is 6.98. The molecule has 0 fully saturated rings. The summed E-state index contributed by atoms with van der Waals surface area (Å²) in [5, 5.41) is 4.33. The third-order valence-electron chi connectivity index (χ3n) is 4.01. The first-order valence-electron chi connectivity index (χ1n) is 5.91. The predicted molar refractivity (Wildman–Crippen MR) is 78.8 cm³/mol. The van der Waals surface area contributed by atoms with Crippen LogP contribution in [0.1, 0.15) is 27.8 Å². The van der Waals surface area contributed by atoms with Crippen LogP contribution < -0.4 is 5.19 Å². The van der Waals surface area contributed by atoms with Gasteiger partial charge in [-0.1, -0.05) is 17.3 Å². The third-order valence-corrected chi connectivity index (χ3v) is 5.65. The van der Waals surface area contributed by atoms with Crippen molar-refractivity contribution in [3.8, 4) is 0 Å². The Labute approximate surface area is 109 Å². The van der Waals surface area contributed by atoms with Crippen molar-refractivity contribution in [2.45, 2.75) is 34.6 Å². The molecule has 0 unspecified atom stereocenters. The zero-order valence-electron chi connectivity index (χ0n) is 11.2. The largest absolute Gasteiger partial charge is 0.0616 e. The first-order chi connectivity index (χ1) is 7.99. The molecule has 0 amide bonds. The summed E-state index contributed by atoms with van der Waals surface area (Å²) in [5.74, 6) is 0. The number of hydrogen-bond acceptors (Lipinski definition) is 0. The number of benzene rings is 2. The highest BCUT2D eigenvalue weighted by Crippen LogP contribution is 2.27. The van der Waals surface area contributed by atoms with E-state index in [0.717, 1.165) is 0 Å². The summed E-state index contributed by atoms with van der Waals surface area (Å²) in [6.45, 7) is 11.2. The topological polar surface area (TPSA) is 0 Å². The minimum absolute atomic E-state index is 0.674. The van der Waals surface area contributed by atoms with Gasteiger partial charge in [0, 0.05) is 9.76 Å². The molecular weight excluding hydrogens is 236 g/mol. The maximum Gasteiger partial charge on any atom is 0.0616 e. The zero-order chi connectivity index (χ0) is 12.7. The maximum atomic E-state index is 3.71. The molecular formula is C15H17Si2. The van der Waals surface area contributed by atoms with Crippen molar-refractivity contribution in [1.82, 2.24) is 0 Å². The lowest BCUT2D eigenvalue weighted by Gasteiger charge is -2.18. The van der Waals surface area contributed by atoms with E-state index in [0.29, 0.717) is 9.04 Å². The Kier molecular flexibility index (Phi) is 3.28. The maximum absolute atomic E-state index is 3.71. The smallest absolute Gasteiger partial charge is 0.0584 e. The molecule has 17 heavy (non-hydrogen) atoms. The van der Waals surface area contributed by atoms with Gasteiger partial charge in [0.25, 0.3) is 0 Å². The van der Waals surface area contributed by atoms with Crippen molar-refractivity contribution in [1.29, 1.82) is 0 Å². The van der Waals surface area contributed by atoms with Gasteiger partial charge in [-0.25, -0.2) is 0 Å². The van der Waals surface area contributed by atoms with Gasteiger partial charge in [-0.15, -0.1) is 0 Å². The third kappa shape index (κ3) is 1.80. The van der Waals surface area contributed by atoms with E-state index in [-0.39, 0.29) is 0 Å². The average Bonchev–Trinajstić information content (AvgIpc) is 2.31. The molecule has 2 rings (SSSR count). The van der Waals surface area contributed by atoms with Crippen molar-refractivity contribution in [2.24, 2.45) is 0 Å². The molecule has 2 aromatic rings. The van der Waals surface area contributed by atoms with E-state index in [1.807, 2.05) is 0 Å².